The van der Waals surface area contributed by atoms with Gasteiger partial charge in [0.15, 0.2) is 0 Å². The molecule has 3 heteroatoms. The van der Waals surface area contributed by atoms with Crippen molar-refractivity contribution in [3.63, 3.8) is 0 Å². The normalized spacial score (nSPS) is 12.2. The Morgan fingerprint density at radius 1 is 1.11 bits per heavy atom. The number of hydrogen-bond acceptors (Lipinski definition) is 2. The van der Waals surface area contributed by atoms with Gasteiger partial charge < -0.3 is 9.84 Å². The molecule has 2 rings (SSSR count). The van der Waals surface area contributed by atoms with Crippen molar-refractivity contribution in [2.24, 2.45) is 0 Å². The molecule has 94 valence electrons. The fraction of sp³-hybridized carbons (Fsp3) is 0.200. The molecule has 0 heterocycles. The summed E-state index contributed by atoms with van der Waals surface area (Å²) in [6.45, 7) is 1.91. The highest BCUT2D eigenvalue weighted by atomic mass is 35.5. The molecule has 1 N–H and O–H groups in total. The predicted molar refractivity (Wildman–Crippen MR) is 74.1 cm³/mol. The fourth-order valence-corrected chi connectivity index (χ4v) is 1.87. The quantitative estimate of drug-likeness (QED) is 0.909. The van der Waals surface area contributed by atoms with Crippen molar-refractivity contribution in [2.75, 3.05) is 6.61 Å². The molecule has 0 aliphatic carbocycles. The van der Waals surface area contributed by atoms with Gasteiger partial charge in [0.1, 0.15) is 12.4 Å². The first-order chi connectivity index (χ1) is 8.66. The van der Waals surface area contributed by atoms with Crippen LogP contribution in [0.3, 0.4) is 0 Å². The Labute approximate surface area is 112 Å². The molecule has 18 heavy (non-hydrogen) atoms. The number of rotatable bonds is 4. The molecule has 0 saturated heterocycles. The van der Waals surface area contributed by atoms with E-state index in [4.69, 9.17) is 21.4 Å². The van der Waals surface area contributed by atoms with E-state index in [1.165, 1.54) is 0 Å². The number of benzene rings is 2. The zero-order valence-corrected chi connectivity index (χ0v) is 10.9. The summed E-state index contributed by atoms with van der Waals surface area (Å²) in [5, 5.41) is 9.72. The molecule has 0 aliphatic rings. The van der Waals surface area contributed by atoms with E-state index in [0.29, 0.717) is 10.8 Å². The van der Waals surface area contributed by atoms with Crippen LogP contribution in [0, 0.1) is 0 Å². The van der Waals surface area contributed by atoms with Crippen LogP contribution in [-0.4, -0.2) is 17.8 Å². The maximum absolute atomic E-state index is 9.17. The van der Waals surface area contributed by atoms with E-state index < -0.39 is 6.10 Å². The summed E-state index contributed by atoms with van der Waals surface area (Å²) in [7, 11) is 0. The molecule has 0 radical (unpaired) electrons. The van der Waals surface area contributed by atoms with Crippen molar-refractivity contribution in [2.45, 2.75) is 13.0 Å². The van der Waals surface area contributed by atoms with Crippen LogP contribution in [0.2, 0.25) is 5.02 Å². The fourth-order valence-electron chi connectivity index (χ4n) is 1.64. The minimum absolute atomic E-state index is 0.240. The molecule has 0 unspecified atom stereocenters. The summed E-state index contributed by atoms with van der Waals surface area (Å²) in [6.07, 6.45) is -0.505. The maximum Gasteiger partial charge on any atom is 0.138 e. The molecule has 0 bridgehead atoms. The van der Waals surface area contributed by atoms with E-state index in [1.54, 1.807) is 6.92 Å². The lowest BCUT2D eigenvalue weighted by atomic mass is 10.1. The second kappa shape index (κ2) is 5.89. The summed E-state index contributed by atoms with van der Waals surface area (Å²) >= 11 is 6.16. The molecule has 0 saturated carbocycles. The average molecular weight is 263 g/mol. The molecular weight excluding hydrogens is 248 g/mol. The van der Waals surface area contributed by atoms with Gasteiger partial charge in [0, 0.05) is 0 Å². The molecule has 0 fully saturated rings. The first-order valence-corrected chi connectivity index (χ1v) is 6.20. The van der Waals surface area contributed by atoms with E-state index in [9.17, 15) is 0 Å². The summed E-state index contributed by atoms with van der Waals surface area (Å²) in [5.74, 6) is 0.595. The Bertz CT molecular complexity index is 509. The highest BCUT2D eigenvalue weighted by molar-refractivity contribution is 6.32. The van der Waals surface area contributed by atoms with Gasteiger partial charge in [0.2, 0.25) is 0 Å². The van der Waals surface area contributed by atoms with E-state index in [0.717, 1.165) is 11.1 Å². The number of halogens is 1. The molecule has 0 aliphatic heterocycles. The van der Waals surface area contributed by atoms with Gasteiger partial charge in [-0.2, -0.15) is 0 Å². The predicted octanol–water partition coefficient (Wildman–Crippen LogP) is 3.77. The number of aliphatic hydroxyl groups excluding tert-OH is 1. The van der Waals surface area contributed by atoms with Crippen LogP contribution >= 0.6 is 11.6 Å². The third-order valence-electron chi connectivity index (χ3n) is 2.52. The Kier molecular flexibility index (Phi) is 4.24. The van der Waals surface area contributed by atoms with Crippen molar-refractivity contribution >= 4 is 11.6 Å². The van der Waals surface area contributed by atoms with Crippen molar-refractivity contribution in [3.8, 4) is 16.9 Å². The lowest BCUT2D eigenvalue weighted by molar-refractivity contribution is 0.123. The molecule has 0 aromatic heterocycles. The third-order valence-corrected chi connectivity index (χ3v) is 2.81. The van der Waals surface area contributed by atoms with E-state index in [-0.39, 0.29) is 6.61 Å². The van der Waals surface area contributed by atoms with Crippen molar-refractivity contribution in [1.82, 2.24) is 0 Å². The van der Waals surface area contributed by atoms with Gasteiger partial charge in [-0.15, -0.1) is 0 Å². The van der Waals surface area contributed by atoms with Gasteiger partial charge in [0.25, 0.3) is 0 Å². The maximum atomic E-state index is 9.17. The molecule has 2 nitrogen and oxygen atoms in total. The van der Waals surface area contributed by atoms with Gasteiger partial charge >= 0.3 is 0 Å². The first kappa shape index (κ1) is 12.9. The molecule has 2 aromatic carbocycles. The minimum Gasteiger partial charge on any atom is -0.489 e. The Balaban J connectivity index is 2.20. The summed E-state index contributed by atoms with van der Waals surface area (Å²) in [4.78, 5) is 0. The Morgan fingerprint density at radius 3 is 2.44 bits per heavy atom. The molecular formula is C15H15ClO2. The second-order valence-corrected chi connectivity index (χ2v) is 4.58. The molecule has 0 amide bonds. The SMILES string of the molecule is C[C@H](O)COc1ccc(-c2ccccc2)cc1Cl. The molecule has 2 aromatic rings. The van der Waals surface area contributed by atoms with Crippen LogP contribution in [-0.2, 0) is 0 Å². The second-order valence-electron chi connectivity index (χ2n) is 4.17. The first-order valence-electron chi connectivity index (χ1n) is 5.82. The van der Waals surface area contributed by atoms with Crippen LogP contribution in [0.25, 0.3) is 11.1 Å². The van der Waals surface area contributed by atoms with Crippen LogP contribution in [0.4, 0.5) is 0 Å². The molecule has 0 spiro atoms. The summed E-state index contributed by atoms with van der Waals surface area (Å²) < 4.78 is 5.41. The van der Waals surface area contributed by atoms with Gasteiger partial charge in [-0.3, -0.25) is 0 Å². The van der Waals surface area contributed by atoms with Crippen LogP contribution in [0.15, 0.2) is 48.5 Å². The van der Waals surface area contributed by atoms with Crippen molar-refractivity contribution in [3.05, 3.63) is 53.6 Å². The van der Waals surface area contributed by atoms with Gasteiger partial charge in [0.05, 0.1) is 11.1 Å². The van der Waals surface area contributed by atoms with Crippen LogP contribution < -0.4 is 4.74 Å². The van der Waals surface area contributed by atoms with Gasteiger partial charge in [-0.05, 0) is 30.2 Å². The zero-order valence-electron chi connectivity index (χ0n) is 10.1. The van der Waals surface area contributed by atoms with E-state index >= 15 is 0 Å². The monoisotopic (exact) mass is 262 g/mol. The van der Waals surface area contributed by atoms with Crippen LogP contribution in [0.1, 0.15) is 6.92 Å². The Morgan fingerprint density at radius 2 is 1.83 bits per heavy atom. The standard InChI is InChI=1S/C15H15ClO2/c1-11(17)10-18-15-8-7-13(9-14(15)16)12-5-3-2-4-6-12/h2-9,11,17H,10H2,1H3/t11-/m0/s1. The summed E-state index contributed by atoms with van der Waals surface area (Å²) in [6, 6.07) is 15.7. The highest BCUT2D eigenvalue weighted by Crippen LogP contribution is 2.30. The van der Waals surface area contributed by atoms with Crippen molar-refractivity contribution in [1.29, 1.82) is 0 Å². The third kappa shape index (κ3) is 3.25. The zero-order chi connectivity index (χ0) is 13.0. The summed E-state index contributed by atoms with van der Waals surface area (Å²) in [5.41, 5.74) is 2.16. The number of hydrogen-bond donors (Lipinski definition) is 1. The number of aliphatic hydroxyl groups is 1. The van der Waals surface area contributed by atoms with E-state index in [2.05, 4.69) is 0 Å². The smallest absolute Gasteiger partial charge is 0.138 e. The molecule has 1 atom stereocenters. The van der Waals surface area contributed by atoms with Gasteiger partial charge in [-0.25, -0.2) is 0 Å². The van der Waals surface area contributed by atoms with Gasteiger partial charge in [-0.1, -0.05) is 48.0 Å². The van der Waals surface area contributed by atoms with Crippen LogP contribution in [0.5, 0.6) is 5.75 Å². The Hall–Kier alpha value is -1.51. The lowest BCUT2D eigenvalue weighted by Crippen LogP contribution is -2.12. The van der Waals surface area contributed by atoms with Crippen molar-refractivity contribution < 1.29 is 9.84 Å². The highest BCUT2D eigenvalue weighted by Gasteiger charge is 2.05. The van der Waals surface area contributed by atoms with E-state index in [1.807, 2.05) is 48.5 Å². The average Bonchev–Trinajstić information content (AvgIpc) is 2.38. The largest absolute Gasteiger partial charge is 0.489 e. The minimum atomic E-state index is -0.505. The lowest BCUT2D eigenvalue weighted by Gasteiger charge is -2.11. The number of ether oxygens (including phenoxy) is 1. The topological polar surface area (TPSA) is 29.5 Å².